The van der Waals surface area contributed by atoms with E-state index in [1.165, 1.54) is 0 Å². The molecule has 0 aliphatic carbocycles. The molecule has 0 atom stereocenters. The fraction of sp³-hybridized carbons (Fsp3) is 0.294. The Morgan fingerprint density at radius 3 is 2.64 bits per heavy atom. The lowest BCUT2D eigenvalue weighted by molar-refractivity contribution is 0.317. The lowest BCUT2D eigenvalue weighted by Crippen LogP contribution is -2.11. The van der Waals surface area contributed by atoms with Crippen molar-refractivity contribution < 1.29 is 9.47 Å². The number of anilines is 1. The van der Waals surface area contributed by atoms with Crippen molar-refractivity contribution in [3.63, 3.8) is 0 Å². The third-order valence-electron chi connectivity index (χ3n) is 2.89. The summed E-state index contributed by atoms with van der Waals surface area (Å²) in [7, 11) is 0. The highest BCUT2D eigenvalue weighted by Crippen LogP contribution is 2.27. The molecule has 5 heteroatoms. The van der Waals surface area contributed by atoms with Gasteiger partial charge in [-0.3, -0.25) is 0 Å². The molecular formula is C17H19Cl2NO2. The number of ether oxygens (including phenoxy) is 2. The molecule has 0 amide bonds. The summed E-state index contributed by atoms with van der Waals surface area (Å²) in [6, 6.07) is 13.1. The molecule has 0 spiro atoms. The van der Waals surface area contributed by atoms with Crippen LogP contribution in [0, 0.1) is 0 Å². The third kappa shape index (κ3) is 5.32. The zero-order valence-electron chi connectivity index (χ0n) is 12.4. The van der Waals surface area contributed by atoms with Gasteiger partial charge in [0.15, 0.2) is 0 Å². The van der Waals surface area contributed by atoms with Crippen LogP contribution in [-0.4, -0.2) is 19.8 Å². The van der Waals surface area contributed by atoms with Crippen molar-refractivity contribution in [2.75, 3.05) is 25.1 Å². The minimum atomic E-state index is 0.501. The van der Waals surface area contributed by atoms with Crippen LogP contribution >= 0.6 is 23.2 Å². The Hall–Kier alpha value is -1.58. The van der Waals surface area contributed by atoms with Crippen LogP contribution in [0.5, 0.6) is 11.5 Å². The Morgan fingerprint density at radius 2 is 1.86 bits per heavy atom. The number of nitrogens with one attached hydrogen (secondary N) is 1. The van der Waals surface area contributed by atoms with Crippen molar-refractivity contribution in [2.24, 2.45) is 0 Å². The average Bonchev–Trinajstić information content (AvgIpc) is 2.51. The first-order valence-electron chi connectivity index (χ1n) is 7.23. The highest BCUT2D eigenvalue weighted by atomic mass is 35.5. The van der Waals surface area contributed by atoms with Crippen LogP contribution in [0.3, 0.4) is 0 Å². The minimum absolute atomic E-state index is 0.501. The first kappa shape index (κ1) is 16.8. The van der Waals surface area contributed by atoms with Gasteiger partial charge >= 0.3 is 0 Å². The van der Waals surface area contributed by atoms with Crippen LogP contribution in [0.4, 0.5) is 5.69 Å². The predicted octanol–water partition coefficient (Wildman–Crippen LogP) is 5.27. The van der Waals surface area contributed by atoms with Gasteiger partial charge in [-0.05, 0) is 36.8 Å². The largest absolute Gasteiger partial charge is 0.494 e. The quantitative estimate of drug-likeness (QED) is 0.664. The second kappa shape index (κ2) is 8.76. The average molecular weight is 340 g/mol. The van der Waals surface area contributed by atoms with Gasteiger partial charge in [-0.2, -0.15) is 0 Å². The molecule has 22 heavy (non-hydrogen) atoms. The summed E-state index contributed by atoms with van der Waals surface area (Å²) in [5, 5.41) is 4.40. The summed E-state index contributed by atoms with van der Waals surface area (Å²) in [6.07, 6.45) is 0.993. The van der Waals surface area contributed by atoms with Crippen LogP contribution < -0.4 is 14.8 Å². The molecule has 0 bridgehead atoms. The maximum absolute atomic E-state index is 6.05. The van der Waals surface area contributed by atoms with Gasteiger partial charge in [0, 0.05) is 23.3 Å². The van der Waals surface area contributed by atoms with E-state index in [-0.39, 0.29) is 0 Å². The smallest absolute Gasteiger partial charge is 0.138 e. The fourth-order valence-corrected chi connectivity index (χ4v) is 2.33. The Balaban J connectivity index is 1.78. The number of rotatable bonds is 8. The van der Waals surface area contributed by atoms with Gasteiger partial charge < -0.3 is 14.8 Å². The molecule has 3 nitrogen and oxygen atoms in total. The zero-order valence-corrected chi connectivity index (χ0v) is 14.0. The molecule has 0 saturated carbocycles. The van der Waals surface area contributed by atoms with E-state index in [4.69, 9.17) is 32.7 Å². The Morgan fingerprint density at radius 1 is 1.00 bits per heavy atom. The molecular weight excluding hydrogens is 321 g/mol. The summed E-state index contributed by atoms with van der Waals surface area (Å²) in [6.45, 7) is 3.97. The van der Waals surface area contributed by atoms with E-state index in [2.05, 4.69) is 12.2 Å². The maximum atomic E-state index is 6.05. The summed E-state index contributed by atoms with van der Waals surface area (Å²) >= 11 is 11.9. The Labute approximate surface area is 141 Å². The topological polar surface area (TPSA) is 30.5 Å². The van der Waals surface area contributed by atoms with Crippen molar-refractivity contribution in [3.8, 4) is 11.5 Å². The molecule has 0 fully saturated rings. The summed E-state index contributed by atoms with van der Waals surface area (Å²) in [4.78, 5) is 0. The van der Waals surface area contributed by atoms with E-state index >= 15 is 0 Å². The van der Waals surface area contributed by atoms with E-state index in [9.17, 15) is 0 Å². The lowest BCUT2D eigenvalue weighted by Gasteiger charge is -2.11. The molecule has 0 aliphatic rings. The lowest BCUT2D eigenvalue weighted by atomic mass is 10.3. The molecule has 0 saturated heterocycles. The van der Waals surface area contributed by atoms with Gasteiger partial charge in [-0.15, -0.1) is 0 Å². The number of hydrogen-bond donors (Lipinski definition) is 1. The molecule has 0 radical (unpaired) electrons. The maximum Gasteiger partial charge on any atom is 0.138 e. The zero-order chi connectivity index (χ0) is 15.8. The Kier molecular flexibility index (Phi) is 6.69. The summed E-state index contributed by atoms with van der Waals surface area (Å²) < 4.78 is 11.2. The van der Waals surface area contributed by atoms with E-state index in [1.807, 2.05) is 24.3 Å². The molecule has 0 aromatic heterocycles. The summed E-state index contributed by atoms with van der Waals surface area (Å²) in [5.41, 5.74) is 0.999. The SMILES string of the molecule is CCCOc1cccc(NCCOc2ccc(Cl)cc2Cl)c1. The first-order chi connectivity index (χ1) is 10.7. The van der Waals surface area contributed by atoms with Gasteiger partial charge in [0.25, 0.3) is 0 Å². The van der Waals surface area contributed by atoms with Crippen LogP contribution in [0.2, 0.25) is 10.0 Å². The number of halogens is 2. The van der Waals surface area contributed by atoms with Gasteiger partial charge in [0.1, 0.15) is 18.1 Å². The Bertz CT molecular complexity index is 605. The van der Waals surface area contributed by atoms with E-state index in [0.29, 0.717) is 28.9 Å². The summed E-state index contributed by atoms with van der Waals surface area (Å²) in [5.74, 6) is 1.50. The van der Waals surface area contributed by atoms with Crippen molar-refractivity contribution in [1.29, 1.82) is 0 Å². The van der Waals surface area contributed by atoms with E-state index < -0.39 is 0 Å². The second-order valence-corrected chi connectivity index (χ2v) is 5.57. The highest BCUT2D eigenvalue weighted by molar-refractivity contribution is 6.35. The minimum Gasteiger partial charge on any atom is -0.494 e. The molecule has 0 heterocycles. The van der Waals surface area contributed by atoms with Crippen LogP contribution in [-0.2, 0) is 0 Å². The second-order valence-electron chi connectivity index (χ2n) is 4.73. The van der Waals surface area contributed by atoms with Gasteiger partial charge in [-0.1, -0.05) is 36.2 Å². The van der Waals surface area contributed by atoms with Crippen LogP contribution in [0.25, 0.3) is 0 Å². The number of benzene rings is 2. The molecule has 0 aliphatic heterocycles. The van der Waals surface area contributed by atoms with Crippen molar-refractivity contribution in [3.05, 3.63) is 52.5 Å². The molecule has 0 unspecified atom stereocenters. The van der Waals surface area contributed by atoms with Crippen LogP contribution in [0.1, 0.15) is 13.3 Å². The van der Waals surface area contributed by atoms with Crippen molar-refractivity contribution in [2.45, 2.75) is 13.3 Å². The fourth-order valence-electron chi connectivity index (χ4n) is 1.86. The van der Waals surface area contributed by atoms with Gasteiger partial charge in [0.2, 0.25) is 0 Å². The standard InChI is InChI=1S/C17H19Cl2NO2/c1-2-9-21-15-5-3-4-14(12-15)20-8-10-22-17-7-6-13(18)11-16(17)19/h3-7,11-12,20H,2,8-10H2,1H3. The van der Waals surface area contributed by atoms with Gasteiger partial charge in [0.05, 0.1) is 11.6 Å². The first-order valence-corrected chi connectivity index (χ1v) is 7.99. The predicted molar refractivity (Wildman–Crippen MR) is 92.7 cm³/mol. The molecule has 2 aromatic carbocycles. The molecule has 2 rings (SSSR count). The monoisotopic (exact) mass is 339 g/mol. The van der Waals surface area contributed by atoms with E-state index in [1.54, 1.807) is 18.2 Å². The molecule has 2 aromatic rings. The van der Waals surface area contributed by atoms with Crippen LogP contribution in [0.15, 0.2) is 42.5 Å². The van der Waals surface area contributed by atoms with E-state index in [0.717, 1.165) is 24.5 Å². The molecule has 118 valence electrons. The normalized spacial score (nSPS) is 10.3. The molecule has 1 N–H and O–H groups in total. The highest BCUT2D eigenvalue weighted by Gasteiger charge is 2.02. The van der Waals surface area contributed by atoms with Gasteiger partial charge in [-0.25, -0.2) is 0 Å². The van der Waals surface area contributed by atoms with Crippen molar-refractivity contribution >= 4 is 28.9 Å². The van der Waals surface area contributed by atoms with Crippen molar-refractivity contribution in [1.82, 2.24) is 0 Å². The number of hydrogen-bond acceptors (Lipinski definition) is 3. The third-order valence-corrected chi connectivity index (χ3v) is 3.42.